The first-order chi connectivity index (χ1) is 12.1. The molecule has 25 heavy (non-hydrogen) atoms. The van der Waals surface area contributed by atoms with Crippen molar-refractivity contribution in [2.24, 2.45) is 0 Å². The molecule has 0 aliphatic heterocycles. The smallest absolute Gasteiger partial charge is 0.411 e. The minimum Gasteiger partial charge on any atom is -0.465 e. The molecule has 1 amide bonds. The lowest BCUT2D eigenvalue weighted by molar-refractivity contribution is 0.202. The lowest BCUT2D eigenvalue weighted by Crippen LogP contribution is -2.31. The highest BCUT2D eigenvalue weighted by molar-refractivity contribution is 7.99. The minimum atomic E-state index is -1.02. The zero-order valence-corrected chi connectivity index (χ0v) is 14.6. The van der Waals surface area contributed by atoms with Gasteiger partial charge in [-0.25, -0.2) is 4.79 Å². The number of rotatable bonds is 6. The van der Waals surface area contributed by atoms with Gasteiger partial charge in [0.1, 0.15) is 0 Å². The Bertz CT molecular complexity index is 841. The van der Waals surface area contributed by atoms with E-state index < -0.39 is 6.09 Å². The Labute approximate surface area is 153 Å². The Morgan fingerprint density at radius 1 is 1.16 bits per heavy atom. The molecule has 0 spiro atoms. The Morgan fingerprint density at radius 2 is 1.88 bits per heavy atom. The van der Waals surface area contributed by atoms with Gasteiger partial charge in [0.05, 0.1) is 5.69 Å². The first-order valence-electron chi connectivity index (χ1n) is 7.38. The molecule has 3 rings (SSSR count). The normalized spacial score (nSPS) is 10.6. The summed E-state index contributed by atoms with van der Waals surface area (Å²) in [5, 5.41) is 22.3. The zero-order chi connectivity index (χ0) is 17.6. The molecule has 0 bridgehead atoms. The zero-order valence-electron chi connectivity index (χ0n) is 13.0. The number of carbonyl (C=O) groups is 1. The van der Waals surface area contributed by atoms with E-state index in [-0.39, 0.29) is 0 Å². The van der Waals surface area contributed by atoms with E-state index in [1.54, 1.807) is 28.9 Å². The lowest BCUT2D eigenvalue weighted by atomic mass is 10.3. The Morgan fingerprint density at radius 3 is 2.56 bits per heavy atom. The summed E-state index contributed by atoms with van der Waals surface area (Å²) in [4.78, 5) is 12.8. The molecule has 3 aromatic rings. The third-order valence-electron chi connectivity index (χ3n) is 3.36. The molecule has 0 atom stereocenters. The number of hydrogen-bond acceptors (Lipinski definition) is 5. The van der Waals surface area contributed by atoms with Crippen LogP contribution in [-0.4, -0.2) is 43.7 Å². The minimum absolute atomic E-state index is 0.295. The van der Waals surface area contributed by atoms with Crippen molar-refractivity contribution in [3.8, 4) is 5.69 Å². The largest absolute Gasteiger partial charge is 0.465 e. The number of anilines is 1. The molecule has 0 fully saturated rings. The maximum absolute atomic E-state index is 11.5. The molecular formula is C16H14ClN5O2S. The molecule has 0 aliphatic carbocycles. The summed E-state index contributed by atoms with van der Waals surface area (Å²) in [6.45, 7) is 0.295. The van der Waals surface area contributed by atoms with Crippen LogP contribution < -0.4 is 4.90 Å². The van der Waals surface area contributed by atoms with Crippen molar-refractivity contribution in [1.82, 2.24) is 20.2 Å². The number of benzene rings is 2. The van der Waals surface area contributed by atoms with E-state index in [0.29, 0.717) is 28.2 Å². The number of halogens is 1. The summed E-state index contributed by atoms with van der Waals surface area (Å²) >= 11 is 7.24. The molecule has 0 aliphatic rings. The number of nitrogens with zero attached hydrogens (tertiary/aromatic N) is 5. The molecule has 0 saturated carbocycles. The second-order valence-corrected chi connectivity index (χ2v) is 6.47. The monoisotopic (exact) mass is 375 g/mol. The van der Waals surface area contributed by atoms with Crippen LogP contribution in [0.5, 0.6) is 0 Å². The van der Waals surface area contributed by atoms with Gasteiger partial charge < -0.3 is 5.11 Å². The van der Waals surface area contributed by atoms with E-state index in [1.807, 2.05) is 30.3 Å². The van der Waals surface area contributed by atoms with Gasteiger partial charge >= 0.3 is 6.09 Å². The quantitative estimate of drug-likeness (QED) is 0.663. The Kier molecular flexibility index (Phi) is 5.52. The van der Waals surface area contributed by atoms with Crippen molar-refractivity contribution in [2.45, 2.75) is 5.16 Å². The van der Waals surface area contributed by atoms with Crippen LogP contribution in [0.3, 0.4) is 0 Å². The van der Waals surface area contributed by atoms with Crippen molar-refractivity contribution in [1.29, 1.82) is 0 Å². The summed E-state index contributed by atoms with van der Waals surface area (Å²) in [5.74, 6) is 0.502. The first kappa shape index (κ1) is 17.2. The van der Waals surface area contributed by atoms with Crippen molar-refractivity contribution >= 4 is 35.1 Å². The number of aromatic nitrogens is 4. The van der Waals surface area contributed by atoms with Crippen LogP contribution in [0.25, 0.3) is 5.69 Å². The number of carboxylic acid groups (broad SMARTS) is 1. The van der Waals surface area contributed by atoms with Crippen molar-refractivity contribution < 1.29 is 9.90 Å². The molecule has 2 aromatic carbocycles. The molecule has 1 heterocycles. The Balaban J connectivity index is 1.67. The first-order valence-corrected chi connectivity index (χ1v) is 8.74. The maximum atomic E-state index is 11.5. The Hall–Kier alpha value is -2.58. The summed E-state index contributed by atoms with van der Waals surface area (Å²) in [7, 11) is 0. The van der Waals surface area contributed by atoms with Gasteiger partial charge in [0.2, 0.25) is 5.16 Å². The van der Waals surface area contributed by atoms with E-state index in [2.05, 4.69) is 15.5 Å². The molecule has 1 aromatic heterocycles. The van der Waals surface area contributed by atoms with Gasteiger partial charge in [-0.1, -0.05) is 41.6 Å². The van der Waals surface area contributed by atoms with E-state index in [1.165, 1.54) is 16.7 Å². The lowest BCUT2D eigenvalue weighted by Gasteiger charge is -2.18. The van der Waals surface area contributed by atoms with Crippen molar-refractivity contribution in [2.75, 3.05) is 17.2 Å². The molecule has 0 unspecified atom stereocenters. The molecule has 0 saturated heterocycles. The van der Waals surface area contributed by atoms with E-state index in [0.717, 1.165) is 5.69 Å². The second kappa shape index (κ2) is 8.00. The van der Waals surface area contributed by atoms with Gasteiger partial charge in [0.25, 0.3) is 0 Å². The fourth-order valence-electron chi connectivity index (χ4n) is 2.18. The predicted molar refractivity (Wildman–Crippen MR) is 96.7 cm³/mol. The fourth-order valence-corrected chi connectivity index (χ4v) is 3.13. The van der Waals surface area contributed by atoms with Crippen LogP contribution in [0.1, 0.15) is 0 Å². The van der Waals surface area contributed by atoms with Gasteiger partial charge in [0.15, 0.2) is 0 Å². The van der Waals surface area contributed by atoms with Crippen LogP contribution in [0.4, 0.5) is 10.5 Å². The average Bonchev–Trinajstić information content (AvgIpc) is 3.09. The highest BCUT2D eigenvalue weighted by atomic mass is 35.5. The SMILES string of the molecule is O=C(O)N(CCSc1nnnn1-c1ccccc1)c1ccc(Cl)cc1. The third kappa shape index (κ3) is 4.28. The summed E-state index contributed by atoms with van der Waals surface area (Å²) in [5.41, 5.74) is 1.42. The van der Waals surface area contributed by atoms with Crippen LogP contribution in [-0.2, 0) is 0 Å². The molecule has 7 nitrogen and oxygen atoms in total. The second-order valence-electron chi connectivity index (χ2n) is 4.97. The average molecular weight is 376 g/mol. The van der Waals surface area contributed by atoms with Crippen LogP contribution in [0, 0.1) is 0 Å². The third-order valence-corrected chi connectivity index (χ3v) is 4.51. The van der Waals surface area contributed by atoms with Crippen LogP contribution in [0.15, 0.2) is 59.8 Å². The summed E-state index contributed by atoms with van der Waals surface area (Å²) < 4.78 is 1.62. The molecular weight excluding hydrogens is 362 g/mol. The fraction of sp³-hybridized carbons (Fsp3) is 0.125. The number of para-hydroxylation sites is 1. The van der Waals surface area contributed by atoms with Crippen molar-refractivity contribution in [3.63, 3.8) is 0 Å². The predicted octanol–water partition coefficient (Wildman–Crippen LogP) is 3.59. The number of amides is 1. The molecule has 9 heteroatoms. The van der Waals surface area contributed by atoms with E-state index >= 15 is 0 Å². The molecule has 128 valence electrons. The van der Waals surface area contributed by atoms with Gasteiger partial charge in [-0.2, -0.15) is 4.68 Å². The van der Waals surface area contributed by atoms with E-state index in [9.17, 15) is 9.90 Å². The van der Waals surface area contributed by atoms with Crippen LogP contribution in [0.2, 0.25) is 5.02 Å². The number of tetrazole rings is 1. The topological polar surface area (TPSA) is 84.1 Å². The summed E-state index contributed by atoms with van der Waals surface area (Å²) in [6, 6.07) is 16.2. The number of hydrogen-bond donors (Lipinski definition) is 1. The van der Waals surface area contributed by atoms with Crippen molar-refractivity contribution in [3.05, 3.63) is 59.6 Å². The molecule has 1 N–H and O–H groups in total. The molecule has 0 radical (unpaired) electrons. The van der Waals surface area contributed by atoms with E-state index in [4.69, 9.17) is 11.6 Å². The van der Waals surface area contributed by atoms with Gasteiger partial charge in [-0.3, -0.25) is 4.90 Å². The van der Waals surface area contributed by atoms with Gasteiger partial charge in [0, 0.05) is 23.0 Å². The maximum Gasteiger partial charge on any atom is 0.411 e. The number of thioether (sulfide) groups is 1. The van der Waals surface area contributed by atoms with Gasteiger partial charge in [-0.05, 0) is 46.8 Å². The highest BCUT2D eigenvalue weighted by Crippen LogP contribution is 2.21. The van der Waals surface area contributed by atoms with Gasteiger partial charge in [-0.15, -0.1) is 5.10 Å². The standard InChI is InChI=1S/C16H14ClN5O2S/c17-12-6-8-13(9-7-12)21(16(23)24)10-11-25-15-18-19-20-22(15)14-4-2-1-3-5-14/h1-9H,10-11H2,(H,23,24). The van der Waals surface area contributed by atoms with Crippen LogP contribution >= 0.6 is 23.4 Å². The highest BCUT2D eigenvalue weighted by Gasteiger charge is 2.15. The summed E-state index contributed by atoms with van der Waals surface area (Å²) in [6.07, 6.45) is -1.02.